The van der Waals surface area contributed by atoms with E-state index in [1.807, 2.05) is 11.9 Å². The highest BCUT2D eigenvalue weighted by atomic mass is 35.5. The van der Waals surface area contributed by atoms with Gasteiger partial charge < -0.3 is 15.1 Å². The number of hydrogen-bond acceptors (Lipinski definition) is 4. The van der Waals surface area contributed by atoms with E-state index in [2.05, 4.69) is 24.1 Å². The third kappa shape index (κ3) is 9.14. The summed E-state index contributed by atoms with van der Waals surface area (Å²) in [6, 6.07) is 0.442. The lowest BCUT2D eigenvalue weighted by Gasteiger charge is -2.31. The summed E-state index contributed by atoms with van der Waals surface area (Å²) in [6.07, 6.45) is 2.18. The van der Waals surface area contributed by atoms with Crippen molar-refractivity contribution in [2.24, 2.45) is 0 Å². The molecule has 4 nitrogen and oxygen atoms in total. The number of halogens is 2. The van der Waals surface area contributed by atoms with Gasteiger partial charge in [0.25, 0.3) is 0 Å². The van der Waals surface area contributed by atoms with Crippen LogP contribution < -0.4 is 5.32 Å². The lowest BCUT2D eigenvalue weighted by molar-refractivity contribution is -0.129. The van der Waals surface area contributed by atoms with Crippen LogP contribution in [0.1, 0.15) is 26.7 Å². The van der Waals surface area contributed by atoms with Crippen molar-refractivity contribution in [3.63, 3.8) is 0 Å². The van der Waals surface area contributed by atoms with Gasteiger partial charge in [-0.25, -0.2) is 0 Å². The van der Waals surface area contributed by atoms with Gasteiger partial charge in [0.2, 0.25) is 5.91 Å². The second kappa shape index (κ2) is 13.9. The Morgan fingerprint density at radius 2 is 1.76 bits per heavy atom. The third-order valence-corrected chi connectivity index (χ3v) is 4.84. The number of amides is 1. The highest BCUT2D eigenvalue weighted by molar-refractivity contribution is 7.99. The minimum Gasteiger partial charge on any atom is -0.342 e. The lowest BCUT2D eigenvalue weighted by Crippen LogP contribution is -2.44. The molecule has 0 radical (unpaired) electrons. The minimum atomic E-state index is 0. The van der Waals surface area contributed by atoms with Crippen LogP contribution in [-0.2, 0) is 4.79 Å². The predicted octanol–water partition coefficient (Wildman–Crippen LogP) is 2.12. The van der Waals surface area contributed by atoms with Crippen molar-refractivity contribution < 1.29 is 4.79 Å². The number of rotatable bonds is 8. The van der Waals surface area contributed by atoms with E-state index in [0.29, 0.717) is 11.8 Å². The molecule has 0 saturated carbocycles. The molecule has 21 heavy (non-hydrogen) atoms. The molecule has 1 rings (SSSR count). The Morgan fingerprint density at radius 1 is 1.19 bits per heavy atom. The van der Waals surface area contributed by atoms with Crippen LogP contribution in [-0.4, -0.2) is 73.0 Å². The molecule has 0 aliphatic carbocycles. The number of hydrogen-bond donors (Lipinski definition) is 1. The molecule has 0 aromatic heterocycles. The average Bonchev–Trinajstić information content (AvgIpc) is 2.47. The van der Waals surface area contributed by atoms with E-state index in [9.17, 15) is 4.79 Å². The molecular weight excluding hydrogens is 329 g/mol. The Bertz CT molecular complexity index is 263. The minimum absolute atomic E-state index is 0. The van der Waals surface area contributed by atoms with Crippen molar-refractivity contribution in [2.75, 3.05) is 51.3 Å². The van der Waals surface area contributed by atoms with E-state index in [-0.39, 0.29) is 30.7 Å². The fourth-order valence-corrected chi connectivity index (χ4v) is 3.30. The smallest absolute Gasteiger partial charge is 0.232 e. The zero-order valence-corrected chi connectivity index (χ0v) is 15.9. The van der Waals surface area contributed by atoms with Gasteiger partial charge in [0.05, 0.1) is 5.75 Å². The van der Waals surface area contributed by atoms with Crippen molar-refractivity contribution >= 4 is 42.5 Å². The average molecular weight is 360 g/mol. The fraction of sp³-hybridized carbons (Fsp3) is 0.929. The van der Waals surface area contributed by atoms with Gasteiger partial charge in [0.15, 0.2) is 0 Å². The van der Waals surface area contributed by atoms with Crippen LogP contribution in [0.15, 0.2) is 0 Å². The van der Waals surface area contributed by atoms with E-state index >= 15 is 0 Å². The molecule has 0 atom stereocenters. The van der Waals surface area contributed by atoms with Gasteiger partial charge in [-0.15, -0.1) is 24.8 Å². The number of nitrogens with one attached hydrogen (secondary N) is 1. The first kappa shape index (κ1) is 23.6. The molecule has 7 heteroatoms. The maximum absolute atomic E-state index is 12.1. The molecule has 1 fully saturated rings. The monoisotopic (exact) mass is 359 g/mol. The first-order valence-electron chi connectivity index (χ1n) is 7.45. The maximum Gasteiger partial charge on any atom is 0.232 e. The zero-order chi connectivity index (χ0) is 14.1. The standard InChI is InChI=1S/C14H29N3OS.2ClH/c1-4-17(5-2)10-11-19-12-14(18)16(3)13-6-8-15-9-7-13;;/h13,15H,4-12H2,1-3H3;2*1H. The van der Waals surface area contributed by atoms with E-state index in [4.69, 9.17) is 0 Å². The highest BCUT2D eigenvalue weighted by Gasteiger charge is 2.21. The van der Waals surface area contributed by atoms with Crippen molar-refractivity contribution in [3.8, 4) is 0 Å². The molecular formula is C14H31Cl2N3OS. The number of nitrogens with zero attached hydrogens (tertiary/aromatic N) is 2. The van der Waals surface area contributed by atoms with Gasteiger partial charge in [-0.3, -0.25) is 4.79 Å². The summed E-state index contributed by atoms with van der Waals surface area (Å²) in [6.45, 7) is 9.73. The Balaban J connectivity index is 0. The van der Waals surface area contributed by atoms with Crippen molar-refractivity contribution in [2.45, 2.75) is 32.7 Å². The molecule has 128 valence electrons. The van der Waals surface area contributed by atoms with E-state index in [1.54, 1.807) is 11.8 Å². The Kier molecular flexibility index (Phi) is 15.7. The first-order valence-corrected chi connectivity index (χ1v) is 8.61. The number of thioether (sulfide) groups is 1. The Morgan fingerprint density at radius 3 is 2.29 bits per heavy atom. The summed E-state index contributed by atoms with van der Waals surface area (Å²) in [5.41, 5.74) is 0. The highest BCUT2D eigenvalue weighted by Crippen LogP contribution is 2.12. The van der Waals surface area contributed by atoms with Gasteiger partial charge >= 0.3 is 0 Å². The quantitative estimate of drug-likeness (QED) is 0.673. The molecule has 0 bridgehead atoms. The second-order valence-electron chi connectivity index (χ2n) is 5.07. The molecule has 1 aliphatic rings. The normalized spacial score (nSPS) is 15.2. The molecule has 0 aromatic rings. The van der Waals surface area contributed by atoms with Crippen LogP contribution in [0.2, 0.25) is 0 Å². The van der Waals surface area contributed by atoms with E-state index < -0.39 is 0 Å². The number of carbonyl (C=O) groups is 1. The molecule has 1 amide bonds. The molecule has 1 heterocycles. The van der Waals surface area contributed by atoms with Crippen LogP contribution in [0.25, 0.3) is 0 Å². The van der Waals surface area contributed by atoms with Gasteiger partial charge in [-0.05, 0) is 39.0 Å². The molecule has 0 aromatic carbocycles. The zero-order valence-electron chi connectivity index (χ0n) is 13.5. The summed E-state index contributed by atoms with van der Waals surface area (Å²) >= 11 is 1.76. The molecule has 1 N–H and O–H groups in total. The largest absolute Gasteiger partial charge is 0.342 e. The Hall–Kier alpha value is 0.320. The molecule has 0 spiro atoms. The number of piperidine rings is 1. The van der Waals surface area contributed by atoms with E-state index in [0.717, 1.165) is 51.3 Å². The van der Waals surface area contributed by atoms with Crippen LogP contribution in [0.3, 0.4) is 0 Å². The molecule has 1 saturated heterocycles. The van der Waals surface area contributed by atoms with Crippen molar-refractivity contribution in [1.29, 1.82) is 0 Å². The van der Waals surface area contributed by atoms with E-state index in [1.165, 1.54) is 0 Å². The summed E-state index contributed by atoms with van der Waals surface area (Å²) in [5.74, 6) is 1.96. The summed E-state index contributed by atoms with van der Waals surface area (Å²) in [7, 11) is 1.96. The number of carbonyl (C=O) groups excluding carboxylic acids is 1. The summed E-state index contributed by atoms with van der Waals surface area (Å²) < 4.78 is 0. The predicted molar refractivity (Wildman–Crippen MR) is 98.3 cm³/mol. The SMILES string of the molecule is CCN(CC)CCSCC(=O)N(C)C1CCNCC1.Cl.Cl. The first-order chi connectivity index (χ1) is 9.19. The topological polar surface area (TPSA) is 35.6 Å². The Labute approximate surface area is 146 Å². The molecule has 0 unspecified atom stereocenters. The van der Waals surface area contributed by atoms with Gasteiger partial charge in [-0.2, -0.15) is 11.8 Å². The van der Waals surface area contributed by atoms with Crippen LogP contribution in [0.5, 0.6) is 0 Å². The fourth-order valence-electron chi connectivity index (χ4n) is 2.39. The maximum atomic E-state index is 12.1. The van der Waals surface area contributed by atoms with Crippen LogP contribution in [0.4, 0.5) is 0 Å². The van der Waals surface area contributed by atoms with Crippen LogP contribution in [0, 0.1) is 0 Å². The summed E-state index contributed by atoms with van der Waals surface area (Å²) in [5, 5.41) is 3.34. The molecule has 1 aliphatic heterocycles. The lowest BCUT2D eigenvalue weighted by atomic mass is 10.1. The summed E-state index contributed by atoms with van der Waals surface area (Å²) in [4.78, 5) is 16.5. The van der Waals surface area contributed by atoms with Crippen LogP contribution >= 0.6 is 36.6 Å². The third-order valence-electron chi connectivity index (χ3n) is 3.92. The van der Waals surface area contributed by atoms with Gasteiger partial charge in [0, 0.05) is 25.4 Å². The van der Waals surface area contributed by atoms with Crippen molar-refractivity contribution in [1.82, 2.24) is 15.1 Å². The van der Waals surface area contributed by atoms with Gasteiger partial charge in [-0.1, -0.05) is 13.8 Å². The van der Waals surface area contributed by atoms with Crippen molar-refractivity contribution in [3.05, 3.63) is 0 Å². The van der Waals surface area contributed by atoms with Gasteiger partial charge in [0.1, 0.15) is 0 Å². The second-order valence-corrected chi connectivity index (χ2v) is 6.17.